The molecule has 0 aromatic carbocycles. The smallest absolute Gasteiger partial charge is 0.220 e. The number of rotatable bonds is 6. The van der Waals surface area contributed by atoms with Crippen molar-refractivity contribution in [3.63, 3.8) is 0 Å². The first-order valence-electron chi connectivity index (χ1n) is 3.67. The second-order valence-electron chi connectivity index (χ2n) is 2.19. The van der Waals surface area contributed by atoms with Crippen LogP contribution < -0.4 is 5.32 Å². The summed E-state index contributed by atoms with van der Waals surface area (Å²) in [5.74, 6) is 1.18. The highest BCUT2D eigenvalue weighted by Crippen LogP contribution is 1.98. The fourth-order valence-corrected chi connectivity index (χ4v) is 1.08. The van der Waals surface area contributed by atoms with Crippen LogP contribution in [0.2, 0.25) is 0 Å². The molecule has 1 N–H and O–H groups in total. The number of hydrogen-bond donors (Lipinski definition) is 1. The van der Waals surface area contributed by atoms with E-state index in [2.05, 4.69) is 11.9 Å². The Labute approximate surface area is 72.4 Å². The van der Waals surface area contributed by atoms with Gasteiger partial charge in [0.05, 0.1) is 0 Å². The minimum absolute atomic E-state index is 0.124. The van der Waals surface area contributed by atoms with Crippen LogP contribution in [0.4, 0.5) is 0 Å². The molecule has 0 saturated heterocycles. The van der Waals surface area contributed by atoms with Crippen LogP contribution >= 0.6 is 11.8 Å². The van der Waals surface area contributed by atoms with Gasteiger partial charge in [0.15, 0.2) is 0 Å². The second-order valence-corrected chi connectivity index (χ2v) is 3.17. The number of carbonyl (C=O) groups excluding carboxylic acids is 1. The molecule has 0 aliphatic heterocycles. The molecule has 0 aliphatic rings. The molecule has 0 atom stereocenters. The van der Waals surface area contributed by atoms with E-state index in [-0.39, 0.29) is 5.91 Å². The summed E-state index contributed by atoms with van der Waals surface area (Å²) in [6.07, 6.45) is 5.33. The van der Waals surface area contributed by atoms with Gasteiger partial charge in [-0.2, -0.15) is 11.8 Å². The van der Waals surface area contributed by atoms with Crippen molar-refractivity contribution in [3.8, 4) is 0 Å². The van der Waals surface area contributed by atoms with E-state index in [0.29, 0.717) is 13.0 Å². The Balaban J connectivity index is 3.15. The van der Waals surface area contributed by atoms with Crippen LogP contribution in [0.1, 0.15) is 12.8 Å². The van der Waals surface area contributed by atoms with Crippen molar-refractivity contribution in [2.24, 2.45) is 0 Å². The molecule has 0 fully saturated rings. The van der Waals surface area contributed by atoms with Crippen LogP contribution in [0.3, 0.4) is 0 Å². The zero-order valence-corrected chi connectivity index (χ0v) is 7.75. The first kappa shape index (κ1) is 10.6. The van der Waals surface area contributed by atoms with Gasteiger partial charge in [0.25, 0.3) is 0 Å². The predicted molar refractivity (Wildman–Crippen MR) is 50.8 cm³/mol. The molecule has 0 rings (SSSR count). The molecule has 0 aromatic heterocycles. The summed E-state index contributed by atoms with van der Waals surface area (Å²) in [6, 6.07) is 0. The van der Waals surface area contributed by atoms with Crippen LogP contribution in [-0.2, 0) is 4.79 Å². The van der Waals surface area contributed by atoms with E-state index in [1.165, 1.54) is 0 Å². The highest BCUT2D eigenvalue weighted by Gasteiger charge is 1.96. The number of amides is 1. The van der Waals surface area contributed by atoms with E-state index in [0.717, 1.165) is 12.2 Å². The van der Waals surface area contributed by atoms with Gasteiger partial charge in [0.2, 0.25) is 5.91 Å². The Hall–Kier alpha value is -0.440. The normalized spacial score (nSPS) is 9.18. The molecule has 0 unspecified atom stereocenters. The van der Waals surface area contributed by atoms with E-state index in [4.69, 9.17) is 0 Å². The highest BCUT2D eigenvalue weighted by atomic mass is 32.2. The topological polar surface area (TPSA) is 29.1 Å². The number of thioether (sulfide) groups is 1. The molecule has 0 aromatic rings. The first-order chi connectivity index (χ1) is 5.31. The van der Waals surface area contributed by atoms with Gasteiger partial charge in [0, 0.05) is 13.0 Å². The SMILES string of the molecule is C=CCNC(=O)CCCSC. The molecule has 11 heavy (non-hydrogen) atoms. The Morgan fingerprint density at radius 1 is 1.73 bits per heavy atom. The first-order valence-corrected chi connectivity index (χ1v) is 5.07. The van der Waals surface area contributed by atoms with E-state index < -0.39 is 0 Å². The standard InChI is InChI=1S/C8H15NOS/c1-3-6-9-8(10)5-4-7-11-2/h3H,1,4-7H2,2H3,(H,9,10). The number of hydrogen-bond acceptors (Lipinski definition) is 2. The molecule has 0 aliphatic carbocycles. The average Bonchev–Trinajstić information content (AvgIpc) is 2.01. The van der Waals surface area contributed by atoms with Gasteiger partial charge in [-0.1, -0.05) is 6.08 Å². The Kier molecular flexibility index (Phi) is 7.36. The largest absolute Gasteiger partial charge is 0.353 e. The van der Waals surface area contributed by atoms with Crippen LogP contribution in [0, 0.1) is 0 Å². The lowest BCUT2D eigenvalue weighted by Gasteiger charge is -2.00. The summed E-state index contributed by atoms with van der Waals surface area (Å²) in [7, 11) is 0. The van der Waals surface area contributed by atoms with Crippen molar-refractivity contribution in [3.05, 3.63) is 12.7 Å². The molecule has 0 bridgehead atoms. The van der Waals surface area contributed by atoms with Gasteiger partial charge in [-0.3, -0.25) is 4.79 Å². The van der Waals surface area contributed by atoms with Crippen LogP contribution in [-0.4, -0.2) is 24.5 Å². The van der Waals surface area contributed by atoms with Gasteiger partial charge < -0.3 is 5.32 Å². The third-order valence-electron chi connectivity index (χ3n) is 1.20. The van der Waals surface area contributed by atoms with Crippen LogP contribution in [0.15, 0.2) is 12.7 Å². The molecule has 1 amide bonds. The van der Waals surface area contributed by atoms with Crippen molar-refractivity contribution in [1.29, 1.82) is 0 Å². The monoisotopic (exact) mass is 173 g/mol. The van der Waals surface area contributed by atoms with Crippen molar-refractivity contribution in [2.45, 2.75) is 12.8 Å². The fraction of sp³-hybridized carbons (Fsp3) is 0.625. The average molecular weight is 173 g/mol. The fourth-order valence-electron chi connectivity index (χ4n) is 0.651. The molecule has 0 saturated carbocycles. The number of carbonyl (C=O) groups is 1. The lowest BCUT2D eigenvalue weighted by molar-refractivity contribution is -0.120. The van der Waals surface area contributed by atoms with Crippen molar-refractivity contribution in [2.75, 3.05) is 18.6 Å². The van der Waals surface area contributed by atoms with Gasteiger partial charge >= 0.3 is 0 Å². The minimum atomic E-state index is 0.124. The molecule has 0 heterocycles. The lowest BCUT2D eigenvalue weighted by Crippen LogP contribution is -2.22. The third-order valence-corrected chi connectivity index (χ3v) is 1.89. The molecule has 0 radical (unpaired) electrons. The van der Waals surface area contributed by atoms with E-state index in [1.807, 2.05) is 6.26 Å². The molecular weight excluding hydrogens is 158 g/mol. The van der Waals surface area contributed by atoms with Crippen molar-refractivity contribution in [1.82, 2.24) is 5.32 Å². The quantitative estimate of drug-likeness (QED) is 0.486. The lowest BCUT2D eigenvalue weighted by atomic mass is 10.3. The van der Waals surface area contributed by atoms with E-state index >= 15 is 0 Å². The summed E-state index contributed by atoms with van der Waals surface area (Å²) in [6.45, 7) is 4.09. The zero-order valence-electron chi connectivity index (χ0n) is 6.93. The maximum absolute atomic E-state index is 10.9. The van der Waals surface area contributed by atoms with Gasteiger partial charge in [-0.05, 0) is 18.4 Å². The van der Waals surface area contributed by atoms with Gasteiger partial charge in [0.1, 0.15) is 0 Å². The maximum Gasteiger partial charge on any atom is 0.220 e. The van der Waals surface area contributed by atoms with Crippen molar-refractivity contribution < 1.29 is 4.79 Å². The summed E-state index contributed by atoms with van der Waals surface area (Å²) < 4.78 is 0. The summed E-state index contributed by atoms with van der Waals surface area (Å²) in [5.41, 5.74) is 0. The summed E-state index contributed by atoms with van der Waals surface area (Å²) in [5, 5.41) is 2.72. The predicted octanol–water partition coefficient (Wildman–Crippen LogP) is 1.43. The third kappa shape index (κ3) is 7.46. The van der Waals surface area contributed by atoms with E-state index in [1.54, 1.807) is 17.8 Å². The Morgan fingerprint density at radius 3 is 3.00 bits per heavy atom. The molecule has 3 heteroatoms. The highest BCUT2D eigenvalue weighted by molar-refractivity contribution is 7.98. The Bertz CT molecular complexity index is 125. The summed E-state index contributed by atoms with van der Waals surface area (Å²) in [4.78, 5) is 10.9. The zero-order chi connectivity index (χ0) is 8.53. The summed E-state index contributed by atoms with van der Waals surface area (Å²) >= 11 is 1.77. The molecular formula is C8H15NOS. The molecule has 0 spiro atoms. The van der Waals surface area contributed by atoms with Crippen LogP contribution in [0.25, 0.3) is 0 Å². The Morgan fingerprint density at radius 2 is 2.45 bits per heavy atom. The van der Waals surface area contributed by atoms with Gasteiger partial charge in [-0.25, -0.2) is 0 Å². The number of nitrogens with one attached hydrogen (secondary N) is 1. The van der Waals surface area contributed by atoms with Gasteiger partial charge in [-0.15, -0.1) is 6.58 Å². The van der Waals surface area contributed by atoms with E-state index in [9.17, 15) is 4.79 Å². The van der Waals surface area contributed by atoms with Crippen LogP contribution in [0.5, 0.6) is 0 Å². The van der Waals surface area contributed by atoms with Crippen molar-refractivity contribution >= 4 is 17.7 Å². The minimum Gasteiger partial charge on any atom is -0.353 e. The molecule has 2 nitrogen and oxygen atoms in total. The molecule has 64 valence electrons. The maximum atomic E-state index is 10.9. The second kappa shape index (κ2) is 7.66.